The van der Waals surface area contributed by atoms with Crippen molar-refractivity contribution in [3.63, 3.8) is 0 Å². The largest absolute Gasteiger partial charge is 0.492 e. The van der Waals surface area contributed by atoms with Crippen molar-refractivity contribution in [1.82, 2.24) is 0 Å². The molecule has 1 aromatic rings. The normalized spacial score (nSPS) is 12.3. The maximum Gasteiger partial charge on any atom is 0.226 e. The van der Waals surface area contributed by atoms with Crippen LogP contribution in [0.1, 0.15) is 40.2 Å². The summed E-state index contributed by atoms with van der Waals surface area (Å²) < 4.78 is 5.67. The van der Waals surface area contributed by atoms with Gasteiger partial charge in [-0.2, -0.15) is 0 Å². The highest BCUT2D eigenvalue weighted by Gasteiger charge is 2.26. The van der Waals surface area contributed by atoms with Crippen LogP contribution in [0.15, 0.2) is 24.3 Å². The van der Waals surface area contributed by atoms with E-state index in [1.54, 1.807) is 13.8 Å². The smallest absolute Gasteiger partial charge is 0.226 e. The molecule has 0 heterocycles. The maximum atomic E-state index is 11.2. The summed E-state index contributed by atoms with van der Waals surface area (Å²) in [5.74, 6) is 0.422. The molecule has 0 saturated heterocycles. The number of primary amides is 1. The second kappa shape index (κ2) is 5.01. The zero-order chi connectivity index (χ0) is 14.0. The molecule has 100 valence electrons. The summed E-state index contributed by atoms with van der Waals surface area (Å²) in [5.41, 5.74) is 5.95. The van der Waals surface area contributed by atoms with E-state index in [0.717, 1.165) is 5.75 Å². The molecular formula is C15H23NO2. The molecule has 18 heavy (non-hydrogen) atoms. The molecule has 3 heteroatoms. The third kappa shape index (κ3) is 3.76. The summed E-state index contributed by atoms with van der Waals surface area (Å²) >= 11 is 0. The number of hydrogen-bond donors (Lipinski definition) is 1. The standard InChI is InChI=1S/C15H23NO2/c1-14(2,3)11-7-6-8-12(9-11)18-10-15(4,5)13(16)17/h6-9H,10H2,1-5H3,(H2,16,17). The van der Waals surface area contributed by atoms with Crippen LogP contribution in [0, 0.1) is 5.41 Å². The lowest BCUT2D eigenvalue weighted by atomic mass is 9.87. The van der Waals surface area contributed by atoms with E-state index in [1.807, 2.05) is 18.2 Å². The predicted octanol–water partition coefficient (Wildman–Crippen LogP) is 2.87. The van der Waals surface area contributed by atoms with Gasteiger partial charge in [0.05, 0.1) is 5.41 Å². The van der Waals surface area contributed by atoms with Crippen LogP contribution in [0.3, 0.4) is 0 Å². The first kappa shape index (κ1) is 14.6. The molecule has 3 nitrogen and oxygen atoms in total. The minimum atomic E-state index is -0.655. The van der Waals surface area contributed by atoms with E-state index in [-0.39, 0.29) is 17.9 Å². The van der Waals surface area contributed by atoms with Gasteiger partial charge in [-0.1, -0.05) is 32.9 Å². The molecule has 0 radical (unpaired) electrons. The van der Waals surface area contributed by atoms with Gasteiger partial charge in [-0.15, -0.1) is 0 Å². The molecule has 0 aliphatic carbocycles. The lowest BCUT2D eigenvalue weighted by molar-refractivity contribution is -0.127. The second-order valence-electron chi connectivity index (χ2n) is 6.31. The molecule has 0 atom stereocenters. The van der Waals surface area contributed by atoms with Gasteiger partial charge in [0.25, 0.3) is 0 Å². The fraction of sp³-hybridized carbons (Fsp3) is 0.533. The van der Waals surface area contributed by atoms with Crippen LogP contribution < -0.4 is 10.5 Å². The van der Waals surface area contributed by atoms with Crippen molar-refractivity contribution in [2.45, 2.75) is 40.0 Å². The van der Waals surface area contributed by atoms with E-state index < -0.39 is 5.41 Å². The number of nitrogens with two attached hydrogens (primary N) is 1. The SMILES string of the molecule is CC(C)(COc1cccc(C(C)(C)C)c1)C(N)=O. The zero-order valence-corrected chi connectivity index (χ0v) is 11.9. The van der Waals surface area contributed by atoms with E-state index in [1.165, 1.54) is 5.56 Å². The van der Waals surface area contributed by atoms with Gasteiger partial charge in [0.2, 0.25) is 5.91 Å². The average molecular weight is 249 g/mol. The van der Waals surface area contributed by atoms with Gasteiger partial charge in [-0.25, -0.2) is 0 Å². The fourth-order valence-corrected chi connectivity index (χ4v) is 1.39. The molecule has 2 N–H and O–H groups in total. The van der Waals surface area contributed by atoms with E-state index in [9.17, 15) is 4.79 Å². The molecule has 0 aliphatic rings. The first-order valence-electron chi connectivity index (χ1n) is 6.16. The molecule has 1 rings (SSSR count). The average Bonchev–Trinajstić information content (AvgIpc) is 2.25. The van der Waals surface area contributed by atoms with Crippen molar-refractivity contribution < 1.29 is 9.53 Å². The second-order valence-corrected chi connectivity index (χ2v) is 6.31. The summed E-state index contributed by atoms with van der Waals surface area (Å²) in [4.78, 5) is 11.2. The van der Waals surface area contributed by atoms with Crippen LogP contribution in [-0.2, 0) is 10.2 Å². The van der Waals surface area contributed by atoms with Gasteiger partial charge in [0, 0.05) is 0 Å². The summed E-state index contributed by atoms with van der Waals surface area (Å²) in [5, 5.41) is 0. The number of carbonyl (C=O) groups is 1. The minimum Gasteiger partial charge on any atom is -0.492 e. The van der Waals surface area contributed by atoms with Gasteiger partial charge in [-0.3, -0.25) is 4.79 Å². The number of ether oxygens (including phenoxy) is 1. The Morgan fingerprint density at radius 3 is 2.33 bits per heavy atom. The Kier molecular flexibility index (Phi) is 4.05. The maximum absolute atomic E-state index is 11.2. The topological polar surface area (TPSA) is 52.3 Å². The highest BCUT2D eigenvalue weighted by Crippen LogP contribution is 2.26. The van der Waals surface area contributed by atoms with Crippen molar-refractivity contribution in [2.75, 3.05) is 6.61 Å². The van der Waals surface area contributed by atoms with E-state index in [0.29, 0.717) is 0 Å². The first-order chi connectivity index (χ1) is 8.13. The molecule has 0 fully saturated rings. The Bertz CT molecular complexity index is 430. The molecule has 0 aliphatic heterocycles. The van der Waals surface area contributed by atoms with Crippen LogP contribution in [0.2, 0.25) is 0 Å². The monoisotopic (exact) mass is 249 g/mol. The van der Waals surface area contributed by atoms with Crippen molar-refractivity contribution >= 4 is 5.91 Å². The molecule has 0 unspecified atom stereocenters. The Morgan fingerprint density at radius 2 is 1.83 bits per heavy atom. The summed E-state index contributed by atoms with van der Waals surface area (Å²) in [6.07, 6.45) is 0. The number of benzene rings is 1. The summed E-state index contributed by atoms with van der Waals surface area (Å²) in [6, 6.07) is 7.95. The Hall–Kier alpha value is -1.51. The van der Waals surface area contributed by atoms with Gasteiger partial charge in [0.15, 0.2) is 0 Å². The third-order valence-electron chi connectivity index (χ3n) is 2.97. The van der Waals surface area contributed by atoms with Crippen LogP contribution in [-0.4, -0.2) is 12.5 Å². The van der Waals surface area contributed by atoms with Gasteiger partial charge >= 0.3 is 0 Å². The number of amides is 1. The van der Waals surface area contributed by atoms with E-state index in [4.69, 9.17) is 10.5 Å². The summed E-state index contributed by atoms with van der Waals surface area (Å²) in [7, 11) is 0. The van der Waals surface area contributed by atoms with Gasteiger partial charge in [0.1, 0.15) is 12.4 Å². The highest BCUT2D eigenvalue weighted by atomic mass is 16.5. The van der Waals surface area contributed by atoms with E-state index >= 15 is 0 Å². The lowest BCUT2D eigenvalue weighted by Gasteiger charge is -2.23. The van der Waals surface area contributed by atoms with Gasteiger partial charge in [-0.05, 0) is 37.0 Å². The van der Waals surface area contributed by atoms with Crippen LogP contribution in [0.5, 0.6) is 5.75 Å². The number of hydrogen-bond acceptors (Lipinski definition) is 2. The van der Waals surface area contributed by atoms with Crippen LogP contribution >= 0.6 is 0 Å². The molecular weight excluding hydrogens is 226 g/mol. The number of carbonyl (C=O) groups excluding carboxylic acids is 1. The Balaban J connectivity index is 2.78. The third-order valence-corrected chi connectivity index (χ3v) is 2.97. The van der Waals surface area contributed by atoms with Crippen molar-refractivity contribution in [3.8, 4) is 5.75 Å². The van der Waals surface area contributed by atoms with Crippen molar-refractivity contribution in [1.29, 1.82) is 0 Å². The van der Waals surface area contributed by atoms with Crippen LogP contribution in [0.25, 0.3) is 0 Å². The predicted molar refractivity (Wildman–Crippen MR) is 73.6 cm³/mol. The van der Waals surface area contributed by atoms with Crippen molar-refractivity contribution in [3.05, 3.63) is 29.8 Å². The Labute approximate surface area is 109 Å². The molecule has 0 bridgehead atoms. The number of rotatable bonds is 4. The van der Waals surface area contributed by atoms with E-state index in [2.05, 4.69) is 26.8 Å². The molecule has 1 aromatic carbocycles. The Morgan fingerprint density at radius 1 is 1.22 bits per heavy atom. The van der Waals surface area contributed by atoms with Gasteiger partial charge < -0.3 is 10.5 Å². The minimum absolute atomic E-state index is 0.0819. The molecule has 0 spiro atoms. The summed E-state index contributed by atoms with van der Waals surface area (Å²) in [6.45, 7) is 10.3. The lowest BCUT2D eigenvalue weighted by Crippen LogP contribution is -2.36. The fourth-order valence-electron chi connectivity index (χ4n) is 1.39. The highest BCUT2D eigenvalue weighted by molar-refractivity contribution is 5.80. The first-order valence-corrected chi connectivity index (χ1v) is 6.16. The molecule has 0 saturated carbocycles. The molecule has 1 amide bonds. The van der Waals surface area contributed by atoms with Crippen molar-refractivity contribution in [2.24, 2.45) is 11.1 Å². The van der Waals surface area contributed by atoms with Crippen LogP contribution in [0.4, 0.5) is 0 Å². The zero-order valence-electron chi connectivity index (χ0n) is 11.9. The quantitative estimate of drug-likeness (QED) is 0.892. The molecule has 0 aromatic heterocycles.